The highest BCUT2D eigenvalue weighted by Crippen LogP contribution is 2.40. The van der Waals surface area contributed by atoms with E-state index in [1.165, 1.54) is 32.1 Å². The van der Waals surface area contributed by atoms with E-state index < -0.39 is 5.60 Å². The van der Waals surface area contributed by atoms with E-state index in [-0.39, 0.29) is 0 Å². The van der Waals surface area contributed by atoms with E-state index in [0.29, 0.717) is 12.8 Å². The summed E-state index contributed by atoms with van der Waals surface area (Å²) < 4.78 is 0. The molecule has 0 saturated heterocycles. The SMILES string of the molecule is N#CC1(O)CCC(C2CCCCC2)CC1. The third kappa shape index (κ3) is 2.52. The highest BCUT2D eigenvalue weighted by atomic mass is 16.3. The standard InChI is InChI=1S/C13H21NO/c14-10-13(15)8-6-12(7-9-13)11-4-2-1-3-5-11/h11-12,15H,1-9H2. The minimum atomic E-state index is -0.995. The summed E-state index contributed by atoms with van der Waals surface area (Å²) in [5.41, 5.74) is -0.995. The molecule has 2 aliphatic rings. The molecule has 0 bridgehead atoms. The zero-order chi connectivity index (χ0) is 10.7. The number of nitrogens with zero attached hydrogens (tertiary/aromatic N) is 1. The fourth-order valence-corrected chi connectivity index (χ4v) is 3.31. The van der Waals surface area contributed by atoms with Crippen LogP contribution in [0.3, 0.4) is 0 Å². The lowest BCUT2D eigenvalue weighted by molar-refractivity contribution is 0.0265. The van der Waals surface area contributed by atoms with Gasteiger partial charge in [0.05, 0.1) is 6.07 Å². The molecule has 0 atom stereocenters. The van der Waals surface area contributed by atoms with E-state index in [1.807, 2.05) is 0 Å². The summed E-state index contributed by atoms with van der Waals surface area (Å²) in [5, 5.41) is 18.7. The van der Waals surface area contributed by atoms with Crippen LogP contribution in [0.25, 0.3) is 0 Å². The van der Waals surface area contributed by atoms with E-state index in [0.717, 1.165) is 24.7 Å². The molecule has 0 aromatic carbocycles. The Bertz CT molecular complexity index is 242. The average Bonchev–Trinajstić information content (AvgIpc) is 2.31. The van der Waals surface area contributed by atoms with E-state index in [1.54, 1.807) is 0 Å². The molecule has 0 spiro atoms. The van der Waals surface area contributed by atoms with Gasteiger partial charge in [-0.05, 0) is 37.5 Å². The molecule has 0 amide bonds. The number of rotatable bonds is 1. The predicted molar refractivity (Wildman–Crippen MR) is 59.1 cm³/mol. The Morgan fingerprint density at radius 2 is 1.47 bits per heavy atom. The molecule has 2 aliphatic carbocycles. The van der Waals surface area contributed by atoms with Crippen LogP contribution in [0.4, 0.5) is 0 Å². The summed E-state index contributed by atoms with van der Waals surface area (Å²) in [6.07, 6.45) is 10.5. The van der Waals surface area contributed by atoms with Crippen LogP contribution >= 0.6 is 0 Å². The van der Waals surface area contributed by atoms with Crippen molar-refractivity contribution in [3.05, 3.63) is 0 Å². The first-order chi connectivity index (χ1) is 7.23. The highest BCUT2D eigenvalue weighted by molar-refractivity contribution is 5.03. The first-order valence-corrected chi connectivity index (χ1v) is 6.37. The van der Waals surface area contributed by atoms with Crippen molar-refractivity contribution in [3.8, 4) is 6.07 Å². The van der Waals surface area contributed by atoms with Crippen molar-refractivity contribution in [2.24, 2.45) is 11.8 Å². The van der Waals surface area contributed by atoms with E-state index in [4.69, 9.17) is 5.26 Å². The van der Waals surface area contributed by atoms with Gasteiger partial charge in [-0.1, -0.05) is 32.1 Å². The van der Waals surface area contributed by atoms with Gasteiger partial charge in [0.25, 0.3) is 0 Å². The van der Waals surface area contributed by atoms with E-state index in [2.05, 4.69) is 6.07 Å². The molecule has 2 fully saturated rings. The van der Waals surface area contributed by atoms with Gasteiger partial charge >= 0.3 is 0 Å². The summed E-state index contributed by atoms with van der Waals surface area (Å²) in [6.45, 7) is 0. The quantitative estimate of drug-likeness (QED) is 0.672. The summed E-state index contributed by atoms with van der Waals surface area (Å²) in [7, 11) is 0. The van der Waals surface area contributed by atoms with Crippen molar-refractivity contribution in [1.82, 2.24) is 0 Å². The molecule has 1 N–H and O–H groups in total. The molecular weight excluding hydrogens is 186 g/mol. The Hall–Kier alpha value is -0.550. The van der Waals surface area contributed by atoms with Crippen LogP contribution in [0.15, 0.2) is 0 Å². The van der Waals surface area contributed by atoms with Crippen molar-refractivity contribution >= 4 is 0 Å². The van der Waals surface area contributed by atoms with Gasteiger partial charge in [0.15, 0.2) is 5.60 Å². The summed E-state index contributed by atoms with van der Waals surface area (Å²) in [4.78, 5) is 0. The monoisotopic (exact) mass is 207 g/mol. The fourth-order valence-electron chi connectivity index (χ4n) is 3.31. The van der Waals surface area contributed by atoms with Crippen molar-refractivity contribution in [3.63, 3.8) is 0 Å². The van der Waals surface area contributed by atoms with Gasteiger partial charge in [-0.25, -0.2) is 0 Å². The van der Waals surface area contributed by atoms with Crippen LogP contribution in [0.2, 0.25) is 0 Å². The van der Waals surface area contributed by atoms with Gasteiger partial charge in [0, 0.05) is 0 Å². The smallest absolute Gasteiger partial charge is 0.151 e. The molecule has 0 aromatic rings. The second-order valence-corrected chi connectivity index (χ2v) is 5.38. The number of nitriles is 1. The Kier molecular flexibility index (Phi) is 3.31. The number of hydrogen-bond acceptors (Lipinski definition) is 2. The number of hydrogen-bond donors (Lipinski definition) is 1. The zero-order valence-electron chi connectivity index (χ0n) is 9.41. The van der Waals surface area contributed by atoms with Crippen LogP contribution < -0.4 is 0 Å². The third-order valence-electron chi connectivity index (χ3n) is 4.38. The summed E-state index contributed by atoms with van der Waals surface area (Å²) in [5.74, 6) is 1.68. The van der Waals surface area contributed by atoms with Gasteiger partial charge in [-0.15, -0.1) is 0 Å². The lowest BCUT2D eigenvalue weighted by atomic mass is 9.70. The maximum absolute atomic E-state index is 9.84. The maximum Gasteiger partial charge on any atom is 0.151 e. The third-order valence-corrected chi connectivity index (χ3v) is 4.38. The van der Waals surface area contributed by atoms with Crippen LogP contribution in [-0.2, 0) is 0 Å². The second-order valence-electron chi connectivity index (χ2n) is 5.38. The molecule has 15 heavy (non-hydrogen) atoms. The van der Waals surface area contributed by atoms with Gasteiger partial charge < -0.3 is 5.11 Å². The first kappa shape index (κ1) is 11.0. The van der Waals surface area contributed by atoms with Gasteiger partial charge in [0.2, 0.25) is 0 Å². The average molecular weight is 207 g/mol. The first-order valence-electron chi connectivity index (χ1n) is 6.37. The van der Waals surface area contributed by atoms with Crippen LogP contribution in [0.5, 0.6) is 0 Å². The Morgan fingerprint density at radius 3 is 2.00 bits per heavy atom. The van der Waals surface area contributed by atoms with Crippen molar-refractivity contribution < 1.29 is 5.11 Å². The van der Waals surface area contributed by atoms with Gasteiger partial charge in [-0.2, -0.15) is 5.26 Å². The normalized spacial score (nSPS) is 38.5. The van der Waals surface area contributed by atoms with Gasteiger partial charge in [0.1, 0.15) is 0 Å². The molecule has 84 valence electrons. The molecule has 2 rings (SSSR count). The largest absolute Gasteiger partial charge is 0.375 e. The number of aliphatic hydroxyl groups is 1. The minimum absolute atomic E-state index is 0.699. The molecule has 2 nitrogen and oxygen atoms in total. The zero-order valence-corrected chi connectivity index (χ0v) is 9.41. The lowest BCUT2D eigenvalue weighted by Gasteiger charge is -2.37. The molecule has 0 aromatic heterocycles. The highest BCUT2D eigenvalue weighted by Gasteiger charge is 2.36. The van der Waals surface area contributed by atoms with Crippen LogP contribution in [-0.4, -0.2) is 10.7 Å². The van der Waals surface area contributed by atoms with Crippen molar-refractivity contribution in [2.75, 3.05) is 0 Å². The lowest BCUT2D eigenvalue weighted by Crippen LogP contribution is -2.34. The Labute approximate surface area is 92.3 Å². The molecule has 0 unspecified atom stereocenters. The van der Waals surface area contributed by atoms with Crippen molar-refractivity contribution in [2.45, 2.75) is 63.4 Å². The molecule has 2 saturated carbocycles. The maximum atomic E-state index is 9.84. The Morgan fingerprint density at radius 1 is 0.933 bits per heavy atom. The molecule has 0 heterocycles. The van der Waals surface area contributed by atoms with Crippen molar-refractivity contribution in [1.29, 1.82) is 5.26 Å². The van der Waals surface area contributed by atoms with Crippen LogP contribution in [0.1, 0.15) is 57.8 Å². The van der Waals surface area contributed by atoms with E-state index >= 15 is 0 Å². The summed E-state index contributed by atoms with van der Waals surface area (Å²) in [6, 6.07) is 2.06. The van der Waals surface area contributed by atoms with E-state index in [9.17, 15) is 5.11 Å². The molecule has 0 radical (unpaired) electrons. The second kappa shape index (κ2) is 4.53. The topological polar surface area (TPSA) is 44.0 Å². The molecule has 0 aliphatic heterocycles. The molecular formula is C13H21NO. The van der Waals surface area contributed by atoms with Gasteiger partial charge in [-0.3, -0.25) is 0 Å². The van der Waals surface area contributed by atoms with Crippen LogP contribution in [0, 0.1) is 23.2 Å². The minimum Gasteiger partial charge on any atom is -0.375 e. The predicted octanol–water partition coefficient (Wildman–Crippen LogP) is 3.01. The molecule has 2 heteroatoms. The fraction of sp³-hybridized carbons (Fsp3) is 0.923. The summed E-state index contributed by atoms with van der Waals surface area (Å²) >= 11 is 0. The Balaban J connectivity index is 1.85.